The number of aliphatic hydroxyl groups excluding tert-OH is 1. The number of methoxy groups -OCH3 is 1. The number of hydrogen-bond acceptors (Lipinski definition) is 3. The maximum Gasteiger partial charge on any atom is 0.311 e. The van der Waals surface area contributed by atoms with Crippen molar-refractivity contribution in [1.29, 1.82) is 0 Å². The molecule has 1 aromatic rings. The lowest BCUT2D eigenvalue weighted by Crippen LogP contribution is -2.23. The average molecular weight is 250 g/mol. The van der Waals surface area contributed by atoms with Gasteiger partial charge in [-0.2, -0.15) is 0 Å². The first-order valence-corrected chi connectivity index (χ1v) is 6.26. The molecule has 0 amide bonds. The number of carbonyl (C=O) groups excluding carboxylic acids is 1. The van der Waals surface area contributed by atoms with Crippen LogP contribution in [-0.2, 0) is 9.53 Å². The number of hydrogen-bond donors (Lipinski definition) is 1. The van der Waals surface area contributed by atoms with Crippen LogP contribution in [0.3, 0.4) is 0 Å². The molecule has 0 spiro atoms. The Morgan fingerprint density at radius 3 is 2.28 bits per heavy atom. The Kier molecular flexibility index (Phi) is 4.91. The SMILES string of the molecule is CCC(C(=O)OC)C(O)c1cc(C)c(C)cc1C. The van der Waals surface area contributed by atoms with Gasteiger partial charge in [0.15, 0.2) is 0 Å². The summed E-state index contributed by atoms with van der Waals surface area (Å²) >= 11 is 0. The van der Waals surface area contributed by atoms with Crippen molar-refractivity contribution in [1.82, 2.24) is 0 Å². The molecule has 0 aliphatic carbocycles. The van der Waals surface area contributed by atoms with Crippen LogP contribution in [-0.4, -0.2) is 18.2 Å². The molecule has 1 rings (SSSR count). The molecular formula is C15H22O3. The second-order valence-electron chi connectivity index (χ2n) is 4.78. The van der Waals surface area contributed by atoms with Gasteiger partial charge in [0.2, 0.25) is 0 Å². The maximum atomic E-state index is 11.6. The van der Waals surface area contributed by atoms with Crippen LogP contribution in [0.2, 0.25) is 0 Å². The fourth-order valence-electron chi connectivity index (χ4n) is 2.19. The lowest BCUT2D eigenvalue weighted by Gasteiger charge is -2.22. The van der Waals surface area contributed by atoms with E-state index in [0.717, 1.165) is 16.7 Å². The summed E-state index contributed by atoms with van der Waals surface area (Å²) in [6, 6.07) is 4.00. The van der Waals surface area contributed by atoms with Gasteiger partial charge in [-0.05, 0) is 49.4 Å². The highest BCUT2D eigenvalue weighted by atomic mass is 16.5. The predicted octanol–water partition coefficient (Wildman–Crippen LogP) is 2.84. The van der Waals surface area contributed by atoms with E-state index in [9.17, 15) is 9.90 Å². The van der Waals surface area contributed by atoms with Crippen molar-refractivity contribution < 1.29 is 14.6 Å². The summed E-state index contributed by atoms with van der Waals surface area (Å²) in [6.45, 7) is 7.87. The number of ether oxygens (including phenoxy) is 1. The molecular weight excluding hydrogens is 228 g/mol. The van der Waals surface area contributed by atoms with Gasteiger partial charge in [-0.3, -0.25) is 4.79 Å². The standard InChI is InChI=1S/C15H22O3/c1-6-12(15(17)18-5)14(16)13-8-10(3)9(2)7-11(13)4/h7-8,12,14,16H,6H2,1-5H3. The summed E-state index contributed by atoms with van der Waals surface area (Å²) in [5, 5.41) is 10.4. The summed E-state index contributed by atoms with van der Waals surface area (Å²) in [5.74, 6) is -0.863. The number of aryl methyl sites for hydroxylation is 3. The molecule has 0 aromatic heterocycles. The van der Waals surface area contributed by atoms with Gasteiger partial charge in [-0.1, -0.05) is 19.1 Å². The molecule has 3 nitrogen and oxygen atoms in total. The second kappa shape index (κ2) is 6.01. The summed E-state index contributed by atoms with van der Waals surface area (Å²) in [6.07, 6.45) is -0.248. The van der Waals surface area contributed by atoms with Crippen molar-refractivity contribution in [3.63, 3.8) is 0 Å². The van der Waals surface area contributed by atoms with Crippen LogP contribution < -0.4 is 0 Å². The van der Waals surface area contributed by atoms with Gasteiger partial charge in [-0.15, -0.1) is 0 Å². The average Bonchev–Trinajstić information content (AvgIpc) is 2.34. The molecule has 1 aromatic carbocycles. The Morgan fingerprint density at radius 1 is 1.22 bits per heavy atom. The fraction of sp³-hybridized carbons (Fsp3) is 0.533. The van der Waals surface area contributed by atoms with Crippen molar-refractivity contribution in [2.24, 2.45) is 5.92 Å². The number of benzene rings is 1. The van der Waals surface area contributed by atoms with E-state index in [2.05, 4.69) is 0 Å². The van der Waals surface area contributed by atoms with Gasteiger partial charge >= 0.3 is 5.97 Å². The number of carbonyl (C=O) groups is 1. The van der Waals surface area contributed by atoms with E-state index < -0.39 is 12.0 Å². The van der Waals surface area contributed by atoms with Crippen LogP contribution in [0.1, 0.15) is 41.7 Å². The van der Waals surface area contributed by atoms with Crippen molar-refractivity contribution in [3.05, 3.63) is 34.4 Å². The van der Waals surface area contributed by atoms with Crippen molar-refractivity contribution in [2.75, 3.05) is 7.11 Å². The van der Waals surface area contributed by atoms with E-state index in [4.69, 9.17) is 4.74 Å². The Morgan fingerprint density at radius 2 is 1.78 bits per heavy atom. The van der Waals surface area contributed by atoms with E-state index in [1.807, 2.05) is 39.8 Å². The lowest BCUT2D eigenvalue weighted by atomic mass is 9.89. The molecule has 18 heavy (non-hydrogen) atoms. The fourth-order valence-corrected chi connectivity index (χ4v) is 2.19. The van der Waals surface area contributed by atoms with Gasteiger partial charge < -0.3 is 9.84 Å². The zero-order chi connectivity index (χ0) is 13.9. The number of rotatable bonds is 4. The molecule has 0 radical (unpaired) electrons. The molecule has 0 aliphatic heterocycles. The number of aliphatic hydroxyl groups is 1. The van der Waals surface area contributed by atoms with Gasteiger partial charge in [0.25, 0.3) is 0 Å². The molecule has 2 atom stereocenters. The third-order valence-corrected chi connectivity index (χ3v) is 3.53. The summed E-state index contributed by atoms with van der Waals surface area (Å²) in [7, 11) is 1.35. The first-order valence-electron chi connectivity index (χ1n) is 6.26. The Balaban J connectivity index is 3.13. The highest BCUT2D eigenvalue weighted by molar-refractivity contribution is 5.73. The minimum atomic E-state index is -0.804. The highest BCUT2D eigenvalue weighted by Gasteiger charge is 2.28. The molecule has 0 fully saturated rings. The molecule has 1 N–H and O–H groups in total. The van der Waals surface area contributed by atoms with E-state index >= 15 is 0 Å². The van der Waals surface area contributed by atoms with Crippen LogP contribution in [0.4, 0.5) is 0 Å². The molecule has 0 saturated carbocycles. The largest absolute Gasteiger partial charge is 0.469 e. The van der Waals surface area contributed by atoms with E-state index in [1.54, 1.807) is 0 Å². The van der Waals surface area contributed by atoms with E-state index in [-0.39, 0.29) is 5.97 Å². The second-order valence-corrected chi connectivity index (χ2v) is 4.78. The van der Waals surface area contributed by atoms with Crippen LogP contribution in [0, 0.1) is 26.7 Å². The molecule has 0 heterocycles. The first kappa shape index (κ1) is 14.7. The smallest absolute Gasteiger partial charge is 0.311 e. The molecule has 0 aliphatic rings. The normalized spacial score (nSPS) is 14.1. The van der Waals surface area contributed by atoms with Gasteiger partial charge in [-0.25, -0.2) is 0 Å². The molecule has 2 unspecified atom stereocenters. The van der Waals surface area contributed by atoms with Crippen LogP contribution >= 0.6 is 0 Å². The topological polar surface area (TPSA) is 46.5 Å². The Bertz CT molecular complexity index is 438. The lowest BCUT2D eigenvalue weighted by molar-refractivity contribution is -0.149. The highest BCUT2D eigenvalue weighted by Crippen LogP contribution is 2.29. The predicted molar refractivity (Wildman–Crippen MR) is 71.4 cm³/mol. The summed E-state index contributed by atoms with van der Waals surface area (Å²) in [5.41, 5.74) is 4.13. The van der Waals surface area contributed by atoms with Gasteiger partial charge in [0.1, 0.15) is 0 Å². The monoisotopic (exact) mass is 250 g/mol. The zero-order valence-corrected chi connectivity index (χ0v) is 11.8. The van der Waals surface area contributed by atoms with Crippen molar-refractivity contribution in [3.8, 4) is 0 Å². The zero-order valence-electron chi connectivity index (χ0n) is 11.8. The van der Waals surface area contributed by atoms with Crippen LogP contribution in [0.5, 0.6) is 0 Å². The summed E-state index contributed by atoms with van der Waals surface area (Å²) in [4.78, 5) is 11.6. The van der Waals surface area contributed by atoms with Crippen molar-refractivity contribution in [2.45, 2.75) is 40.2 Å². The maximum absolute atomic E-state index is 11.6. The third-order valence-electron chi connectivity index (χ3n) is 3.53. The van der Waals surface area contributed by atoms with E-state index in [1.165, 1.54) is 12.7 Å². The Labute approximate surface area is 109 Å². The minimum absolute atomic E-state index is 0.359. The molecule has 100 valence electrons. The minimum Gasteiger partial charge on any atom is -0.469 e. The first-order chi connectivity index (χ1) is 8.42. The molecule has 0 bridgehead atoms. The molecule has 0 saturated heterocycles. The Hall–Kier alpha value is -1.35. The van der Waals surface area contributed by atoms with Gasteiger partial charge in [0, 0.05) is 0 Å². The van der Waals surface area contributed by atoms with Crippen molar-refractivity contribution >= 4 is 5.97 Å². The molecule has 3 heteroatoms. The number of esters is 1. The third kappa shape index (κ3) is 2.91. The van der Waals surface area contributed by atoms with Crippen LogP contribution in [0.15, 0.2) is 12.1 Å². The van der Waals surface area contributed by atoms with E-state index in [0.29, 0.717) is 6.42 Å². The van der Waals surface area contributed by atoms with Crippen LogP contribution in [0.25, 0.3) is 0 Å². The quantitative estimate of drug-likeness (QED) is 0.836. The van der Waals surface area contributed by atoms with Gasteiger partial charge in [0.05, 0.1) is 19.1 Å². The summed E-state index contributed by atoms with van der Waals surface area (Å²) < 4.78 is 4.74.